The fraction of sp³-hybridized carbons (Fsp3) is 0. The first-order valence-corrected chi connectivity index (χ1v) is 33.4. The first-order valence-electron chi connectivity index (χ1n) is 33.4. The number of nitrogens with zero attached hydrogens (tertiary/aromatic N) is 2. The van der Waals surface area contributed by atoms with Gasteiger partial charge < -0.3 is 8.83 Å². The Morgan fingerprint density at radius 1 is 0.184 bits per heavy atom. The molecule has 16 aromatic carbocycles. The zero-order valence-corrected chi connectivity index (χ0v) is 53.2. The third-order valence-corrected chi connectivity index (χ3v) is 19.8. The molecule has 0 unspecified atom stereocenters. The number of hydrogen-bond acceptors (Lipinski definition) is 4. The predicted molar refractivity (Wildman–Crippen MR) is 412 cm³/mol. The number of aromatic nitrogens is 2. The van der Waals surface area contributed by atoms with Gasteiger partial charge in [0.15, 0.2) is 0 Å². The molecule has 4 nitrogen and oxygen atoms in total. The fourth-order valence-electron chi connectivity index (χ4n) is 15.1. The Hall–Kier alpha value is -13.0. The van der Waals surface area contributed by atoms with Crippen molar-refractivity contribution in [3.05, 3.63) is 352 Å². The van der Waals surface area contributed by atoms with Gasteiger partial charge in [-0.15, -0.1) is 0 Å². The van der Waals surface area contributed by atoms with E-state index < -0.39 is 0 Å². The lowest BCUT2D eigenvalue weighted by atomic mass is 9.86. The molecule has 98 heavy (non-hydrogen) atoms. The first-order chi connectivity index (χ1) is 48.6. The summed E-state index contributed by atoms with van der Waals surface area (Å²) in [7, 11) is 0. The quantitative estimate of drug-likeness (QED) is 0.142. The van der Waals surface area contributed by atoms with Crippen LogP contribution in [-0.4, -0.2) is 9.97 Å². The van der Waals surface area contributed by atoms with Crippen LogP contribution in [0.4, 0.5) is 0 Å². The van der Waals surface area contributed by atoms with E-state index in [9.17, 15) is 0 Å². The zero-order chi connectivity index (χ0) is 64.6. The number of hydrogen-bond donors (Lipinski definition) is 0. The Morgan fingerprint density at radius 2 is 0.510 bits per heavy atom. The number of rotatable bonds is 8. The van der Waals surface area contributed by atoms with Crippen LogP contribution < -0.4 is 0 Å². The summed E-state index contributed by atoms with van der Waals surface area (Å²) in [5.41, 5.74) is 21.8. The summed E-state index contributed by atoms with van der Waals surface area (Å²) in [6.45, 7) is 0. The molecule has 456 valence electrons. The summed E-state index contributed by atoms with van der Waals surface area (Å²) in [4.78, 5) is 10.1. The van der Waals surface area contributed by atoms with Crippen molar-refractivity contribution in [1.29, 1.82) is 0 Å². The molecule has 20 aromatic rings. The van der Waals surface area contributed by atoms with Gasteiger partial charge in [-0.1, -0.05) is 285 Å². The smallest absolute Gasteiger partial charge is 0.144 e. The molecule has 0 saturated heterocycles. The van der Waals surface area contributed by atoms with E-state index >= 15 is 0 Å². The van der Waals surface area contributed by atoms with Crippen molar-refractivity contribution < 1.29 is 8.83 Å². The van der Waals surface area contributed by atoms with E-state index in [0.29, 0.717) is 0 Å². The lowest BCUT2D eigenvalue weighted by Gasteiger charge is -2.18. The summed E-state index contributed by atoms with van der Waals surface area (Å²) >= 11 is 0. The summed E-state index contributed by atoms with van der Waals surface area (Å²) in [6, 6.07) is 121. The van der Waals surface area contributed by atoms with Crippen molar-refractivity contribution in [2.24, 2.45) is 0 Å². The van der Waals surface area contributed by atoms with E-state index in [2.05, 4.69) is 340 Å². The van der Waals surface area contributed by atoms with Crippen LogP contribution in [0.25, 0.3) is 198 Å². The molecule has 0 N–H and O–H groups in total. The fourth-order valence-corrected chi connectivity index (χ4v) is 15.1. The Balaban J connectivity index is 0.000000137. The Morgan fingerprint density at radius 3 is 0.949 bits per heavy atom. The lowest BCUT2D eigenvalue weighted by molar-refractivity contribution is 0.669. The summed E-state index contributed by atoms with van der Waals surface area (Å²) in [6.07, 6.45) is 4.04. The third kappa shape index (κ3) is 9.68. The van der Waals surface area contributed by atoms with Crippen LogP contribution in [0.5, 0.6) is 0 Å². The van der Waals surface area contributed by atoms with Gasteiger partial charge in [0, 0.05) is 56.2 Å². The normalized spacial score (nSPS) is 11.7. The average molecular weight is 1250 g/mol. The van der Waals surface area contributed by atoms with Gasteiger partial charge in [0.2, 0.25) is 0 Å². The van der Waals surface area contributed by atoms with E-state index in [1.54, 1.807) is 0 Å². The van der Waals surface area contributed by atoms with Crippen LogP contribution in [0.1, 0.15) is 0 Å². The molecule has 0 spiro atoms. The van der Waals surface area contributed by atoms with Crippen molar-refractivity contribution >= 4 is 109 Å². The van der Waals surface area contributed by atoms with Crippen LogP contribution in [0.2, 0.25) is 0 Å². The number of benzene rings is 16. The van der Waals surface area contributed by atoms with Gasteiger partial charge in [0.25, 0.3) is 0 Å². The topological polar surface area (TPSA) is 52.1 Å². The Kier molecular flexibility index (Phi) is 13.5. The van der Waals surface area contributed by atoms with Crippen molar-refractivity contribution in [2.45, 2.75) is 0 Å². The van der Waals surface area contributed by atoms with Crippen molar-refractivity contribution in [2.75, 3.05) is 0 Å². The number of furan rings is 2. The lowest BCUT2D eigenvalue weighted by Crippen LogP contribution is -1.92. The molecule has 4 aromatic heterocycles. The Bertz CT molecular complexity index is 6370. The van der Waals surface area contributed by atoms with Crippen LogP contribution in [-0.2, 0) is 0 Å². The minimum atomic E-state index is 0.867. The maximum absolute atomic E-state index is 6.52. The second-order valence-electron chi connectivity index (χ2n) is 25.4. The van der Waals surface area contributed by atoms with E-state index in [-0.39, 0.29) is 0 Å². The van der Waals surface area contributed by atoms with Gasteiger partial charge in [-0.25, -0.2) is 0 Å². The number of pyridine rings is 2. The second-order valence-corrected chi connectivity index (χ2v) is 25.4. The molecule has 0 aliphatic rings. The standard InChI is InChI=1S/2C47H29NO/c1-2-11-30(12-3-1)31-21-23-32(24-22-31)45-36-15-6-8-17-38(36)46(39-18-9-7-16-37(39)45)35-25-26-43(48-29-35)41-20-10-19-40-42-27-33-13-4-5-14-34(33)28-44(42)49-47(40)41;1-2-10-30(11-3-1)31-18-20-32(21-19-31)46-38-14-6-8-16-40(38)47(41-17-9-7-15-39(41)46)36-23-25-43(48-29-36)35-22-24-37-42-26-33-12-4-5-13-34(33)27-45(42)49-44(37)28-35/h2*1-29H. The molecule has 0 aliphatic carbocycles. The van der Waals surface area contributed by atoms with Gasteiger partial charge in [0.1, 0.15) is 22.3 Å². The molecule has 0 aliphatic heterocycles. The maximum atomic E-state index is 6.52. The van der Waals surface area contributed by atoms with E-state index in [1.807, 2.05) is 12.4 Å². The SMILES string of the molecule is c1ccc(-c2ccc(-c3c4ccccc4c(-c4ccc(-c5ccc6c(c5)oc5cc7ccccc7cc56)nc4)c4ccccc34)cc2)cc1.c1ccc(-c2ccc(-c3c4ccccc4c(-c4ccc(-c5cccc6c5oc5cc7ccccc7cc56)nc4)c4ccccc34)cc2)cc1. The minimum Gasteiger partial charge on any atom is -0.456 e. The molecular formula is C94H58N2O2. The van der Waals surface area contributed by atoms with E-state index in [4.69, 9.17) is 18.8 Å². The Labute approximate surface area is 565 Å². The van der Waals surface area contributed by atoms with Crippen LogP contribution in [0.15, 0.2) is 361 Å². The van der Waals surface area contributed by atoms with Crippen LogP contribution in [0, 0.1) is 0 Å². The van der Waals surface area contributed by atoms with Crippen molar-refractivity contribution in [3.63, 3.8) is 0 Å². The summed E-state index contributed by atoms with van der Waals surface area (Å²) in [5.74, 6) is 0. The van der Waals surface area contributed by atoms with Gasteiger partial charge in [0.05, 0.1) is 11.4 Å². The molecular weight excluding hydrogens is 1190 g/mol. The average Bonchev–Trinajstić information content (AvgIpc) is 1.03. The molecule has 0 radical (unpaired) electrons. The largest absolute Gasteiger partial charge is 0.456 e. The molecule has 0 fully saturated rings. The monoisotopic (exact) mass is 1250 g/mol. The predicted octanol–water partition coefficient (Wildman–Crippen LogP) is 26.2. The molecule has 4 heteroatoms. The second kappa shape index (κ2) is 23.5. The van der Waals surface area contributed by atoms with Gasteiger partial charge in [-0.05, 0) is 175 Å². The molecule has 0 atom stereocenters. The molecule has 4 heterocycles. The van der Waals surface area contributed by atoms with Gasteiger partial charge in [-0.2, -0.15) is 0 Å². The van der Waals surface area contributed by atoms with Crippen LogP contribution >= 0.6 is 0 Å². The van der Waals surface area contributed by atoms with Crippen molar-refractivity contribution in [3.8, 4) is 89.3 Å². The highest BCUT2D eigenvalue weighted by Gasteiger charge is 2.21. The third-order valence-electron chi connectivity index (χ3n) is 19.8. The number of fused-ring (bicyclic) bond motifs is 12. The zero-order valence-electron chi connectivity index (χ0n) is 53.2. The number of para-hydroxylation sites is 1. The van der Waals surface area contributed by atoms with E-state index in [1.165, 1.54) is 120 Å². The van der Waals surface area contributed by atoms with Crippen molar-refractivity contribution in [1.82, 2.24) is 9.97 Å². The highest BCUT2D eigenvalue weighted by atomic mass is 16.3. The summed E-state index contributed by atoms with van der Waals surface area (Å²) < 4.78 is 12.9. The maximum Gasteiger partial charge on any atom is 0.144 e. The molecule has 0 saturated carbocycles. The summed E-state index contributed by atoms with van der Waals surface area (Å²) in [5, 5.41) is 19.0. The van der Waals surface area contributed by atoms with Gasteiger partial charge in [-0.3, -0.25) is 9.97 Å². The van der Waals surface area contributed by atoms with E-state index in [0.717, 1.165) is 77.5 Å². The molecule has 0 amide bonds. The minimum absolute atomic E-state index is 0.867. The molecule has 20 rings (SSSR count). The highest BCUT2D eigenvalue weighted by molar-refractivity contribution is 6.23. The highest BCUT2D eigenvalue weighted by Crippen LogP contribution is 2.47. The first kappa shape index (κ1) is 56.5. The van der Waals surface area contributed by atoms with Gasteiger partial charge >= 0.3 is 0 Å². The van der Waals surface area contributed by atoms with Crippen LogP contribution in [0.3, 0.4) is 0 Å². The molecule has 0 bridgehead atoms.